The van der Waals surface area contributed by atoms with Crippen molar-refractivity contribution in [1.29, 1.82) is 0 Å². The Bertz CT molecular complexity index is 406. The van der Waals surface area contributed by atoms with Crippen LogP contribution in [0.4, 0.5) is 4.39 Å². The third kappa shape index (κ3) is 3.53. The van der Waals surface area contributed by atoms with Crippen molar-refractivity contribution in [2.24, 2.45) is 5.73 Å². The Kier molecular flexibility index (Phi) is 4.63. The highest BCUT2D eigenvalue weighted by Gasteiger charge is 2.21. The van der Waals surface area contributed by atoms with Gasteiger partial charge in [0, 0.05) is 6.04 Å². The van der Waals surface area contributed by atoms with Gasteiger partial charge in [-0.15, -0.1) is 0 Å². The lowest BCUT2D eigenvalue weighted by Crippen LogP contribution is -2.38. The average Bonchev–Trinajstić information content (AvgIpc) is 2.28. The summed E-state index contributed by atoms with van der Waals surface area (Å²) >= 11 is 0. The van der Waals surface area contributed by atoms with E-state index in [1.807, 2.05) is 20.8 Å². The number of carbonyl (C=O) groups is 1. The van der Waals surface area contributed by atoms with Gasteiger partial charge in [0.25, 0.3) is 0 Å². The normalized spacial score (nSPS) is 14.4. The van der Waals surface area contributed by atoms with Crippen molar-refractivity contribution in [2.45, 2.75) is 39.3 Å². The summed E-state index contributed by atoms with van der Waals surface area (Å²) in [5.74, 6) is -0.846. The van der Waals surface area contributed by atoms with Crippen LogP contribution >= 0.6 is 0 Å². The number of amides is 1. The highest BCUT2D eigenvalue weighted by Crippen LogP contribution is 2.19. The number of carbonyl (C=O) groups excluding carboxylic acids is 1. The van der Waals surface area contributed by atoms with Gasteiger partial charge < -0.3 is 5.73 Å². The smallest absolute Gasteiger partial charge is 0.239 e. The van der Waals surface area contributed by atoms with Gasteiger partial charge >= 0.3 is 0 Å². The van der Waals surface area contributed by atoms with E-state index in [4.69, 9.17) is 5.73 Å². The number of aryl methyl sites for hydroxylation is 1. The molecule has 17 heavy (non-hydrogen) atoms. The molecule has 1 rings (SSSR count). The highest BCUT2D eigenvalue weighted by molar-refractivity contribution is 5.81. The van der Waals surface area contributed by atoms with Crippen LogP contribution in [-0.4, -0.2) is 11.9 Å². The molecular weight excluding hydrogens is 219 g/mol. The van der Waals surface area contributed by atoms with Crippen molar-refractivity contribution in [3.8, 4) is 0 Å². The number of hydrogen-bond donors (Lipinski definition) is 2. The summed E-state index contributed by atoms with van der Waals surface area (Å²) in [4.78, 5) is 11.5. The maximum absolute atomic E-state index is 13.2. The van der Waals surface area contributed by atoms with E-state index in [9.17, 15) is 9.18 Å². The first-order valence-electron chi connectivity index (χ1n) is 5.77. The fraction of sp³-hybridized carbons (Fsp3) is 0.462. The molecule has 0 saturated carbocycles. The molecule has 4 heteroatoms. The number of nitrogens with one attached hydrogen (secondary N) is 1. The van der Waals surface area contributed by atoms with Crippen LogP contribution in [0, 0.1) is 12.7 Å². The zero-order valence-electron chi connectivity index (χ0n) is 10.5. The summed E-state index contributed by atoms with van der Waals surface area (Å²) in [5, 5.41) is 3.11. The molecule has 0 fully saturated rings. The molecule has 0 heterocycles. The second-order valence-corrected chi connectivity index (χ2v) is 4.31. The Labute approximate surface area is 101 Å². The molecule has 94 valence electrons. The molecule has 2 atom stereocenters. The summed E-state index contributed by atoms with van der Waals surface area (Å²) in [6, 6.07) is 3.90. The maximum Gasteiger partial charge on any atom is 0.239 e. The summed E-state index contributed by atoms with van der Waals surface area (Å²) in [5.41, 5.74) is 6.83. The molecule has 1 amide bonds. The Hall–Kier alpha value is -1.42. The third-order valence-corrected chi connectivity index (χ3v) is 2.90. The summed E-state index contributed by atoms with van der Waals surface area (Å²) in [7, 11) is 0. The Morgan fingerprint density at radius 2 is 2.18 bits per heavy atom. The van der Waals surface area contributed by atoms with E-state index in [0.717, 1.165) is 12.0 Å². The number of halogens is 1. The summed E-state index contributed by atoms with van der Waals surface area (Å²) in [6.07, 6.45) is 0.873. The van der Waals surface area contributed by atoms with E-state index in [0.29, 0.717) is 5.56 Å². The van der Waals surface area contributed by atoms with Gasteiger partial charge in [-0.1, -0.05) is 13.0 Å². The fourth-order valence-electron chi connectivity index (χ4n) is 1.65. The Morgan fingerprint density at radius 1 is 1.53 bits per heavy atom. The average molecular weight is 238 g/mol. The lowest BCUT2D eigenvalue weighted by atomic mass is 9.99. The van der Waals surface area contributed by atoms with Gasteiger partial charge in [-0.3, -0.25) is 10.1 Å². The lowest BCUT2D eigenvalue weighted by Gasteiger charge is -2.21. The molecule has 2 unspecified atom stereocenters. The highest BCUT2D eigenvalue weighted by atomic mass is 19.1. The van der Waals surface area contributed by atoms with Gasteiger partial charge in [0.2, 0.25) is 5.91 Å². The molecule has 3 N–H and O–H groups in total. The Morgan fingerprint density at radius 3 is 2.71 bits per heavy atom. The van der Waals surface area contributed by atoms with Gasteiger partial charge in [0.1, 0.15) is 11.9 Å². The van der Waals surface area contributed by atoms with Gasteiger partial charge in [-0.05, 0) is 43.5 Å². The van der Waals surface area contributed by atoms with Gasteiger partial charge in [0.05, 0.1) is 0 Å². The van der Waals surface area contributed by atoms with Crippen molar-refractivity contribution in [1.82, 2.24) is 5.32 Å². The first-order chi connectivity index (χ1) is 7.95. The zero-order chi connectivity index (χ0) is 13.0. The van der Waals surface area contributed by atoms with Crippen LogP contribution in [-0.2, 0) is 4.79 Å². The van der Waals surface area contributed by atoms with E-state index >= 15 is 0 Å². The molecule has 0 aliphatic carbocycles. The van der Waals surface area contributed by atoms with E-state index < -0.39 is 11.9 Å². The van der Waals surface area contributed by atoms with Crippen molar-refractivity contribution in [3.63, 3.8) is 0 Å². The van der Waals surface area contributed by atoms with Crippen molar-refractivity contribution in [2.75, 3.05) is 0 Å². The maximum atomic E-state index is 13.2. The van der Waals surface area contributed by atoms with Crippen molar-refractivity contribution >= 4 is 5.91 Å². The molecular formula is C13H19FN2O. The number of rotatable bonds is 5. The van der Waals surface area contributed by atoms with E-state index in [-0.39, 0.29) is 11.9 Å². The molecule has 0 bridgehead atoms. The first kappa shape index (κ1) is 13.6. The number of primary amides is 1. The second-order valence-electron chi connectivity index (χ2n) is 4.31. The van der Waals surface area contributed by atoms with E-state index in [1.165, 1.54) is 12.1 Å². The fourth-order valence-corrected chi connectivity index (χ4v) is 1.65. The molecule has 0 radical (unpaired) electrons. The van der Waals surface area contributed by atoms with Crippen LogP contribution in [0.2, 0.25) is 0 Å². The predicted molar refractivity (Wildman–Crippen MR) is 66.0 cm³/mol. The monoisotopic (exact) mass is 238 g/mol. The molecule has 0 spiro atoms. The lowest BCUT2D eigenvalue weighted by molar-refractivity contribution is -0.120. The Balaban J connectivity index is 3.05. The number of hydrogen-bond acceptors (Lipinski definition) is 2. The van der Waals surface area contributed by atoms with Crippen LogP contribution in [0.15, 0.2) is 18.2 Å². The van der Waals surface area contributed by atoms with Crippen molar-refractivity contribution in [3.05, 3.63) is 35.1 Å². The van der Waals surface area contributed by atoms with Gasteiger partial charge in [-0.25, -0.2) is 4.39 Å². The summed E-state index contributed by atoms with van der Waals surface area (Å²) < 4.78 is 13.2. The number of nitrogens with two attached hydrogens (primary N) is 1. The van der Waals surface area contributed by atoms with E-state index in [1.54, 1.807) is 6.07 Å². The van der Waals surface area contributed by atoms with E-state index in [2.05, 4.69) is 5.32 Å². The minimum atomic E-state index is -0.638. The molecule has 0 aliphatic rings. The van der Waals surface area contributed by atoms with Crippen LogP contribution in [0.3, 0.4) is 0 Å². The van der Waals surface area contributed by atoms with Gasteiger partial charge in [-0.2, -0.15) is 0 Å². The molecule has 1 aromatic carbocycles. The first-order valence-corrected chi connectivity index (χ1v) is 5.77. The standard InChI is InChI=1S/C13H19FN2O/c1-4-9(3)16-12(13(15)17)11-7-10(14)6-5-8(11)2/h5-7,9,12,16H,4H2,1-3H3,(H2,15,17). The molecule has 0 aliphatic heterocycles. The zero-order valence-corrected chi connectivity index (χ0v) is 10.5. The van der Waals surface area contributed by atoms with Crippen LogP contribution in [0.1, 0.15) is 37.4 Å². The minimum Gasteiger partial charge on any atom is -0.368 e. The largest absolute Gasteiger partial charge is 0.368 e. The van der Waals surface area contributed by atoms with Crippen LogP contribution < -0.4 is 11.1 Å². The van der Waals surface area contributed by atoms with Crippen molar-refractivity contribution < 1.29 is 9.18 Å². The minimum absolute atomic E-state index is 0.148. The number of benzene rings is 1. The third-order valence-electron chi connectivity index (χ3n) is 2.90. The quantitative estimate of drug-likeness (QED) is 0.825. The molecule has 3 nitrogen and oxygen atoms in total. The second kappa shape index (κ2) is 5.77. The SMILES string of the molecule is CCC(C)NC(C(N)=O)c1cc(F)ccc1C. The topological polar surface area (TPSA) is 55.1 Å². The molecule has 1 aromatic rings. The molecule has 0 saturated heterocycles. The van der Waals surface area contributed by atoms with Crippen LogP contribution in [0.5, 0.6) is 0 Å². The summed E-state index contributed by atoms with van der Waals surface area (Å²) in [6.45, 7) is 5.81. The molecule has 0 aromatic heterocycles. The van der Waals surface area contributed by atoms with Crippen LogP contribution in [0.25, 0.3) is 0 Å². The van der Waals surface area contributed by atoms with Gasteiger partial charge in [0.15, 0.2) is 0 Å². The predicted octanol–water partition coefficient (Wildman–Crippen LogP) is 2.05.